The highest BCUT2D eigenvalue weighted by atomic mass is 32.1. The highest BCUT2D eigenvalue weighted by molar-refractivity contribution is 7.12. The zero-order valence-electron chi connectivity index (χ0n) is 13.3. The summed E-state index contributed by atoms with van der Waals surface area (Å²) < 4.78 is 5.09. The number of rotatable bonds is 6. The lowest BCUT2D eigenvalue weighted by molar-refractivity contribution is -0.118. The van der Waals surface area contributed by atoms with Gasteiger partial charge in [0, 0.05) is 5.69 Å². The molecule has 0 spiro atoms. The Morgan fingerprint density at radius 3 is 2.35 bits per heavy atom. The minimum Gasteiger partial charge on any atom is -0.497 e. The first-order valence-electron chi connectivity index (χ1n) is 7.30. The number of nitrogens with one attached hydrogen (secondary N) is 2. The molecular weight excluding hydrogens is 312 g/mol. The van der Waals surface area contributed by atoms with E-state index in [0.29, 0.717) is 10.6 Å². The van der Waals surface area contributed by atoms with Crippen LogP contribution in [0.3, 0.4) is 0 Å². The van der Waals surface area contributed by atoms with Crippen LogP contribution in [0.15, 0.2) is 41.8 Å². The lowest BCUT2D eigenvalue weighted by atomic mass is 10.0. The van der Waals surface area contributed by atoms with Gasteiger partial charge in [-0.25, -0.2) is 0 Å². The Kier molecular flexibility index (Phi) is 5.76. The number of anilines is 1. The number of carbonyl (C=O) groups excluding carboxylic acids is 2. The van der Waals surface area contributed by atoms with E-state index >= 15 is 0 Å². The fourth-order valence-corrected chi connectivity index (χ4v) is 2.68. The molecule has 0 saturated heterocycles. The average Bonchev–Trinajstić information content (AvgIpc) is 3.07. The number of hydrogen-bond donors (Lipinski definition) is 2. The molecule has 2 N–H and O–H groups in total. The van der Waals surface area contributed by atoms with Crippen LogP contribution in [0.1, 0.15) is 23.5 Å². The predicted octanol–water partition coefficient (Wildman–Crippen LogP) is 3.15. The minimum absolute atomic E-state index is 0.0304. The Labute approximate surface area is 139 Å². The summed E-state index contributed by atoms with van der Waals surface area (Å²) in [7, 11) is 1.59. The molecule has 1 unspecified atom stereocenters. The summed E-state index contributed by atoms with van der Waals surface area (Å²) in [5, 5.41) is 7.45. The van der Waals surface area contributed by atoms with Crippen molar-refractivity contribution in [2.45, 2.75) is 19.9 Å². The molecule has 0 radical (unpaired) electrons. The lowest BCUT2D eigenvalue weighted by Gasteiger charge is -2.21. The Balaban J connectivity index is 2.04. The van der Waals surface area contributed by atoms with E-state index in [2.05, 4.69) is 10.6 Å². The molecule has 0 bridgehead atoms. The summed E-state index contributed by atoms with van der Waals surface area (Å²) in [6.45, 7) is 3.79. The van der Waals surface area contributed by atoms with Crippen molar-refractivity contribution >= 4 is 28.8 Å². The number of carbonyl (C=O) groups is 2. The molecule has 2 aromatic rings. The molecule has 0 saturated carbocycles. The quantitative estimate of drug-likeness (QED) is 0.854. The van der Waals surface area contributed by atoms with Crippen molar-refractivity contribution in [3.05, 3.63) is 46.7 Å². The molecule has 5 nitrogen and oxygen atoms in total. The van der Waals surface area contributed by atoms with Crippen molar-refractivity contribution in [1.29, 1.82) is 0 Å². The lowest BCUT2D eigenvalue weighted by Crippen LogP contribution is -2.46. The monoisotopic (exact) mass is 332 g/mol. The first kappa shape index (κ1) is 17.0. The van der Waals surface area contributed by atoms with E-state index in [1.165, 1.54) is 11.3 Å². The zero-order chi connectivity index (χ0) is 16.8. The maximum Gasteiger partial charge on any atom is 0.262 e. The SMILES string of the molecule is COc1ccc(NC(=O)C(NC(=O)c2cccs2)C(C)C)cc1. The maximum absolute atomic E-state index is 12.5. The van der Waals surface area contributed by atoms with Crippen LogP contribution in [0, 0.1) is 5.92 Å². The molecular formula is C17H20N2O3S. The summed E-state index contributed by atoms with van der Waals surface area (Å²) in [6, 6.07) is 9.99. The maximum atomic E-state index is 12.5. The first-order chi connectivity index (χ1) is 11.0. The predicted molar refractivity (Wildman–Crippen MR) is 92.0 cm³/mol. The van der Waals surface area contributed by atoms with Gasteiger partial charge in [-0.1, -0.05) is 19.9 Å². The van der Waals surface area contributed by atoms with Gasteiger partial charge in [0.1, 0.15) is 11.8 Å². The third-order valence-electron chi connectivity index (χ3n) is 3.34. The van der Waals surface area contributed by atoms with Crippen LogP contribution in [-0.4, -0.2) is 25.0 Å². The highest BCUT2D eigenvalue weighted by Gasteiger charge is 2.25. The second-order valence-corrected chi connectivity index (χ2v) is 6.34. The summed E-state index contributed by atoms with van der Waals surface area (Å²) in [6.07, 6.45) is 0. The molecule has 23 heavy (non-hydrogen) atoms. The van der Waals surface area contributed by atoms with Gasteiger partial charge in [-0.15, -0.1) is 11.3 Å². The van der Waals surface area contributed by atoms with Crippen molar-refractivity contribution in [3.63, 3.8) is 0 Å². The smallest absolute Gasteiger partial charge is 0.262 e. The van der Waals surface area contributed by atoms with Crippen molar-refractivity contribution < 1.29 is 14.3 Å². The van der Waals surface area contributed by atoms with Gasteiger partial charge in [0.2, 0.25) is 5.91 Å². The Hall–Kier alpha value is -2.34. The molecule has 1 atom stereocenters. The second-order valence-electron chi connectivity index (χ2n) is 5.39. The summed E-state index contributed by atoms with van der Waals surface area (Å²) >= 11 is 1.35. The van der Waals surface area contributed by atoms with Crippen LogP contribution in [-0.2, 0) is 4.79 Å². The summed E-state index contributed by atoms with van der Waals surface area (Å²) in [5.41, 5.74) is 0.659. The molecule has 1 heterocycles. The fourth-order valence-electron chi connectivity index (χ4n) is 2.05. The molecule has 0 aliphatic carbocycles. The van der Waals surface area contributed by atoms with E-state index in [-0.39, 0.29) is 17.7 Å². The number of ether oxygens (including phenoxy) is 1. The fraction of sp³-hybridized carbons (Fsp3) is 0.294. The Morgan fingerprint density at radius 2 is 1.83 bits per heavy atom. The third-order valence-corrected chi connectivity index (χ3v) is 4.21. The van der Waals surface area contributed by atoms with Gasteiger partial charge in [-0.2, -0.15) is 0 Å². The highest BCUT2D eigenvalue weighted by Crippen LogP contribution is 2.16. The van der Waals surface area contributed by atoms with Gasteiger partial charge in [-0.3, -0.25) is 9.59 Å². The minimum atomic E-state index is -0.605. The van der Waals surface area contributed by atoms with Crippen LogP contribution >= 0.6 is 11.3 Å². The number of amides is 2. The van der Waals surface area contributed by atoms with Crippen LogP contribution < -0.4 is 15.4 Å². The van der Waals surface area contributed by atoms with Crippen LogP contribution in [0.4, 0.5) is 5.69 Å². The zero-order valence-corrected chi connectivity index (χ0v) is 14.1. The van der Waals surface area contributed by atoms with Crippen molar-refractivity contribution in [3.8, 4) is 5.75 Å². The normalized spacial score (nSPS) is 11.8. The van der Waals surface area contributed by atoms with Crippen LogP contribution in [0.25, 0.3) is 0 Å². The van der Waals surface area contributed by atoms with E-state index in [1.807, 2.05) is 19.2 Å². The van der Waals surface area contributed by atoms with Crippen molar-refractivity contribution in [2.75, 3.05) is 12.4 Å². The molecule has 122 valence electrons. The number of thiophene rings is 1. The van der Waals surface area contributed by atoms with Crippen molar-refractivity contribution in [2.24, 2.45) is 5.92 Å². The van der Waals surface area contributed by atoms with Gasteiger partial charge in [0.15, 0.2) is 0 Å². The number of benzene rings is 1. The van der Waals surface area contributed by atoms with E-state index in [9.17, 15) is 9.59 Å². The summed E-state index contributed by atoms with van der Waals surface area (Å²) in [4.78, 5) is 25.2. The molecule has 0 fully saturated rings. The Bertz CT molecular complexity index is 651. The molecule has 0 aliphatic rings. The van der Waals surface area contributed by atoms with E-state index in [0.717, 1.165) is 5.75 Å². The number of hydrogen-bond acceptors (Lipinski definition) is 4. The van der Waals surface area contributed by atoms with Crippen molar-refractivity contribution in [1.82, 2.24) is 5.32 Å². The van der Waals surface area contributed by atoms with E-state index < -0.39 is 6.04 Å². The topological polar surface area (TPSA) is 67.4 Å². The third kappa shape index (κ3) is 4.56. The van der Waals surface area contributed by atoms with Gasteiger partial charge in [-0.05, 0) is 41.6 Å². The Morgan fingerprint density at radius 1 is 1.13 bits per heavy atom. The molecule has 2 rings (SSSR count). The largest absolute Gasteiger partial charge is 0.497 e. The number of methoxy groups -OCH3 is 1. The molecule has 6 heteroatoms. The second kappa shape index (κ2) is 7.78. The molecule has 1 aromatic carbocycles. The van der Waals surface area contributed by atoms with E-state index in [4.69, 9.17) is 4.74 Å². The molecule has 0 aliphatic heterocycles. The van der Waals surface area contributed by atoms with E-state index in [1.54, 1.807) is 43.5 Å². The van der Waals surface area contributed by atoms with Gasteiger partial charge >= 0.3 is 0 Å². The van der Waals surface area contributed by atoms with Gasteiger partial charge in [0.05, 0.1) is 12.0 Å². The van der Waals surface area contributed by atoms with Crippen LogP contribution in [0.5, 0.6) is 5.75 Å². The average molecular weight is 332 g/mol. The molecule has 2 amide bonds. The van der Waals surface area contributed by atoms with Gasteiger partial charge < -0.3 is 15.4 Å². The standard InChI is InChI=1S/C17H20N2O3S/c1-11(2)15(19-16(20)14-5-4-10-23-14)17(21)18-12-6-8-13(22-3)9-7-12/h4-11,15H,1-3H3,(H,18,21)(H,19,20). The molecule has 1 aromatic heterocycles. The van der Waals surface area contributed by atoms with Crippen LogP contribution in [0.2, 0.25) is 0 Å². The van der Waals surface area contributed by atoms with Gasteiger partial charge in [0.25, 0.3) is 5.91 Å². The summed E-state index contributed by atoms with van der Waals surface area (Å²) in [5.74, 6) is 0.213. The first-order valence-corrected chi connectivity index (χ1v) is 8.18.